The lowest BCUT2D eigenvalue weighted by atomic mass is 9.95. The molecular weight excluding hydrogens is 322 g/mol. The molecule has 8 nitrogen and oxygen atoms in total. The lowest BCUT2D eigenvalue weighted by Crippen LogP contribution is -2.24. The highest BCUT2D eigenvalue weighted by molar-refractivity contribution is 5.60. The molecule has 0 aliphatic carbocycles. The van der Waals surface area contributed by atoms with Crippen LogP contribution in [0.15, 0.2) is 27.6 Å². The van der Waals surface area contributed by atoms with Gasteiger partial charge in [-0.05, 0) is 13.0 Å². The molecule has 0 saturated heterocycles. The van der Waals surface area contributed by atoms with Crippen molar-refractivity contribution in [1.82, 2.24) is 25.1 Å². The molecule has 0 fully saturated rings. The standard InChI is InChI=1S/C17H19N5O3/c1-9-12(14(23)21-16(19-9)17(2,3)4)15-20-13(22-25-15)10-6-7-11(24-5)18-8-10/h6-8H,1-5H3,(H,19,21,23). The Morgan fingerprint density at radius 2 is 1.96 bits per heavy atom. The summed E-state index contributed by atoms with van der Waals surface area (Å²) in [4.78, 5) is 28.2. The van der Waals surface area contributed by atoms with E-state index in [4.69, 9.17) is 9.26 Å². The number of hydrogen-bond acceptors (Lipinski definition) is 7. The van der Waals surface area contributed by atoms with Gasteiger partial charge >= 0.3 is 0 Å². The van der Waals surface area contributed by atoms with Crippen molar-refractivity contribution >= 4 is 0 Å². The van der Waals surface area contributed by atoms with Gasteiger partial charge in [0.15, 0.2) is 0 Å². The molecule has 0 aromatic carbocycles. The van der Waals surface area contributed by atoms with E-state index in [0.29, 0.717) is 28.8 Å². The highest BCUT2D eigenvalue weighted by Crippen LogP contribution is 2.24. The number of methoxy groups -OCH3 is 1. The summed E-state index contributed by atoms with van der Waals surface area (Å²) in [5.41, 5.74) is 0.895. The molecule has 130 valence electrons. The van der Waals surface area contributed by atoms with Crippen molar-refractivity contribution in [2.75, 3.05) is 7.11 Å². The molecule has 0 unspecified atom stereocenters. The third-order valence-electron chi connectivity index (χ3n) is 3.65. The van der Waals surface area contributed by atoms with Gasteiger partial charge in [-0.3, -0.25) is 4.79 Å². The Morgan fingerprint density at radius 1 is 1.20 bits per heavy atom. The SMILES string of the molecule is COc1ccc(-c2noc(-c3c(C)nc(C(C)(C)C)[nH]c3=O)n2)cn1. The van der Waals surface area contributed by atoms with E-state index in [2.05, 4.69) is 25.1 Å². The van der Waals surface area contributed by atoms with Gasteiger partial charge in [-0.15, -0.1) is 0 Å². The van der Waals surface area contributed by atoms with E-state index in [0.717, 1.165) is 0 Å². The minimum absolute atomic E-state index is 0.123. The number of nitrogens with one attached hydrogen (secondary N) is 1. The fourth-order valence-electron chi connectivity index (χ4n) is 2.27. The molecule has 0 bridgehead atoms. The third-order valence-corrected chi connectivity index (χ3v) is 3.65. The summed E-state index contributed by atoms with van der Waals surface area (Å²) in [5, 5.41) is 3.92. The lowest BCUT2D eigenvalue weighted by Gasteiger charge is -2.17. The molecule has 3 heterocycles. The van der Waals surface area contributed by atoms with Crippen molar-refractivity contribution in [1.29, 1.82) is 0 Å². The first-order chi connectivity index (χ1) is 11.8. The Kier molecular flexibility index (Phi) is 4.12. The quantitative estimate of drug-likeness (QED) is 0.780. The Bertz CT molecular complexity index is 952. The summed E-state index contributed by atoms with van der Waals surface area (Å²) < 4.78 is 10.3. The Labute approximate surface area is 144 Å². The van der Waals surface area contributed by atoms with Crippen LogP contribution in [0.5, 0.6) is 5.88 Å². The van der Waals surface area contributed by atoms with Gasteiger partial charge in [0, 0.05) is 23.2 Å². The Hall–Kier alpha value is -3.03. The molecule has 3 aromatic heterocycles. The summed E-state index contributed by atoms with van der Waals surface area (Å²) >= 11 is 0. The van der Waals surface area contributed by atoms with Crippen molar-refractivity contribution in [2.45, 2.75) is 33.1 Å². The molecule has 0 spiro atoms. The number of hydrogen-bond donors (Lipinski definition) is 1. The maximum absolute atomic E-state index is 12.5. The molecular formula is C17H19N5O3. The average molecular weight is 341 g/mol. The first kappa shape index (κ1) is 16.8. The number of pyridine rings is 1. The summed E-state index contributed by atoms with van der Waals surface area (Å²) in [7, 11) is 1.54. The molecule has 8 heteroatoms. The average Bonchev–Trinajstić information content (AvgIpc) is 3.03. The van der Waals surface area contributed by atoms with Crippen molar-refractivity contribution in [3.8, 4) is 28.7 Å². The van der Waals surface area contributed by atoms with E-state index in [1.807, 2.05) is 20.8 Å². The first-order valence-electron chi connectivity index (χ1n) is 7.75. The smallest absolute Gasteiger partial charge is 0.265 e. The maximum Gasteiger partial charge on any atom is 0.265 e. The van der Waals surface area contributed by atoms with Crippen molar-refractivity contribution in [3.63, 3.8) is 0 Å². The van der Waals surface area contributed by atoms with E-state index in [1.54, 1.807) is 25.3 Å². The molecule has 3 rings (SSSR count). The number of aryl methyl sites for hydroxylation is 1. The van der Waals surface area contributed by atoms with Gasteiger partial charge < -0.3 is 14.2 Å². The number of nitrogens with zero attached hydrogens (tertiary/aromatic N) is 4. The zero-order valence-electron chi connectivity index (χ0n) is 14.7. The van der Waals surface area contributed by atoms with Gasteiger partial charge in [0.05, 0.1) is 12.8 Å². The highest BCUT2D eigenvalue weighted by Gasteiger charge is 2.22. The van der Waals surface area contributed by atoms with E-state index in [-0.39, 0.29) is 22.4 Å². The van der Waals surface area contributed by atoms with Crippen molar-refractivity contribution in [3.05, 3.63) is 40.2 Å². The number of H-pyrrole nitrogens is 1. The number of ether oxygens (including phenoxy) is 1. The lowest BCUT2D eigenvalue weighted by molar-refractivity contribution is 0.398. The molecule has 0 saturated carbocycles. The zero-order chi connectivity index (χ0) is 18.2. The van der Waals surface area contributed by atoms with Gasteiger partial charge in [-0.25, -0.2) is 9.97 Å². The molecule has 0 aliphatic rings. The van der Waals surface area contributed by atoms with Gasteiger partial charge in [0.25, 0.3) is 11.4 Å². The topological polar surface area (TPSA) is 107 Å². The molecule has 0 radical (unpaired) electrons. The molecule has 0 amide bonds. The maximum atomic E-state index is 12.5. The summed E-state index contributed by atoms with van der Waals surface area (Å²) in [6, 6.07) is 3.46. The van der Waals surface area contributed by atoms with Crippen LogP contribution in [0.2, 0.25) is 0 Å². The van der Waals surface area contributed by atoms with Crippen LogP contribution in [-0.2, 0) is 5.41 Å². The van der Waals surface area contributed by atoms with Crippen LogP contribution < -0.4 is 10.3 Å². The van der Waals surface area contributed by atoms with Crippen LogP contribution in [-0.4, -0.2) is 32.2 Å². The van der Waals surface area contributed by atoms with Crippen LogP contribution in [0.25, 0.3) is 22.8 Å². The molecule has 0 aliphatic heterocycles. The Balaban J connectivity index is 2.01. The van der Waals surface area contributed by atoms with Gasteiger partial charge in [0.2, 0.25) is 11.7 Å². The van der Waals surface area contributed by atoms with Crippen LogP contribution in [0.3, 0.4) is 0 Å². The second kappa shape index (κ2) is 6.12. The number of aromatic nitrogens is 5. The van der Waals surface area contributed by atoms with Gasteiger partial charge in [-0.1, -0.05) is 25.9 Å². The van der Waals surface area contributed by atoms with Crippen LogP contribution in [0.1, 0.15) is 32.3 Å². The molecule has 0 atom stereocenters. The monoisotopic (exact) mass is 341 g/mol. The second-order valence-electron chi connectivity index (χ2n) is 6.64. The van der Waals surface area contributed by atoms with Gasteiger partial charge in [-0.2, -0.15) is 4.98 Å². The fraction of sp³-hybridized carbons (Fsp3) is 0.353. The first-order valence-corrected chi connectivity index (χ1v) is 7.75. The van der Waals surface area contributed by atoms with Crippen LogP contribution in [0.4, 0.5) is 0 Å². The molecule has 25 heavy (non-hydrogen) atoms. The predicted octanol–water partition coefficient (Wildman–Crippen LogP) is 2.50. The predicted molar refractivity (Wildman–Crippen MR) is 91.4 cm³/mol. The van der Waals surface area contributed by atoms with Crippen molar-refractivity contribution < 1.29 is 9.26 Å². The fourth-order valence-corrected chi connectivity index (χ4v) is 2.27. The Morgan fingerprint density at radius 3 is 2.52 bits per heavy atom. The molecule has 1 N–H and O–H groups in total. The highest BCUT2D eigenvalue weighted by atomic mass is 16.5. The van der Waals surface area contributed by atoms with Gasteiger partial charge in [0.1, 0.15) is 11.4 Å². The van der Waals surface area contributed by atoms with Crippen molar-refractivity contribution in [2.24, 2.45) is 0 Å². The summed E-state index contributed by atoms with van der Waals surface area (Å²) in [6.07, 6.45) is 1.57. The van der Waals surface area contributed by atoms with Crippen LogP contribution in [0, 0.1) is 6.92 Å². The van der Waals surface area contributed by atoms with E-state index < -0.39 is 0 Å². The summed E-state index contributed by atoms with van der Waals surface area (Å²) in [6.45, 7) is 7.68. The minimum atomic E-state index is -0.305. The number of rotatable bonds is 3. The largest absolute Gasteiger partial charge is 0.481 e. The van der Waals surface area contributed by atoms with E-state index >= 15 is 0 Å². The molecule has 3 aromatic rings. The third kappa shape index (κ3) is 3.28. The van der Waals surface area contributed by atoms with Crippen LogP contribution >= 0.6 is 0 Å². The summed E-state index contributed by atoms with van der Waals surface area (Å²) in [5.74, 6) is 1.56. The van der Waals surface area contributed by atoms with E-state index in [9.17, 15) is 4.79 Å². The van der Waals surface area contributed by atoms with E-state index in [1.165, 1.54) is 7.11 Å². The zero-order valence-corrected chi connectivity index (χ0v) is 14.7. The second-order valence-corrected chi connectivity index (χ2v) is 6.64. The normalized spacial score (nSPS) is 11.6. The minimum Gasteiger partial charge on any atom is -0.481 e. The number of aromatic amines is 1.